The number of fused-ring (bicyclic) bond motifs is 3. The summed E-state index contributed by atoms with van der Waals surface area (Å²) in [7, 11) is 0. The summed E-state index contributed by atoms with van der Waals surface area (Å²) in [5, 5.41) is 0.604. The second kappa shape index (κ2) is 7.97. The molecule has 2 aromatic heterocycles. The Labute approximate surface area is 184 Å². The van der Waals surface area contributed by atoms with Gasteiger partial charge in [-0.15, -0.1) is 0 Å². The summed E-state index contributed by atoms with van der Waals surface area (Å²) in [5.41, 5.74) is 0.0292. The predicted octanol–water partition coefficient (Wildman–Crippen LogP) is 2.84. The first-order valence-electron chi connectivity index (χ1n) is 9.74. The monoisotopic (exact) mass is 452 g/mol. The number of aromatic nitrogens is 1. The van der Waals surface area contributed by atoms with E-state index < -0.39 is 17.5 Å². The first-order valence-corrected chi connectivity index (χ1v) is 10.6. The minimum Gasteiger partial charge on any atom is -0.465 e. The van der Waals surface area contributed by atoms with Crippen LogP contribution in [0.2, 0.25) is 0 Å². The Balaban J connectivity index is 1.65. The molecular formula is C22H16N2O7S. The maximum atomic E-state index is 12.9. The summed E-state index contributed by atoms with van der Waals surface area (Å²) in [5.74, 6) is -0.159. The van der Waals surface area contributed by atoms with Gasteiger partial charge in [0, 0.05) is 17.5 Å². The van der Waals surface area contributed by atoms with Gasteiger partial charge in [-0.1, -0.05) is 29.5 Å². The molecule has 0 saturated carbocycles. The van der Waals surface area contributed by atoms with Crippen LogP contribution in [0.25, 0.3) is 21.2 Å². The molecule has 9 nitrogen and oxygen atoms in total. The number of para-hydroxylation sites is 1. The topological polar surface area (TPSA) is 109 Å². The fourth-order valence-electron chi connectivity index (χ4n) is 3.39. The van der Waals surface area contributed by atoms with Crippen LogP contribution in [0.3, 0.4) is 0 Å². The summed E-state index contributed by atoms with van der Waals surface area (Å²) in [6, 6.07) is 11.8. The van der Waals surface area contributed by atoms with E-state index in [1.165, 1.54) is 17.4 Å². The van der Waals surface area contributed by atoms with Crippen molar-refractivity contribution in [3.8, 4) is 11.5 Å². The molecule has 32 heavy (non-hydrogen) atoms. The lowest BCUT2D eigenvalue weighted by Crippen LogP contribution is -2.24. The second-order valence-corrected chi connectivity index (χ2v) is 7.86. The lowest BCUT2D eigenvalue weighted by molar-refractivity contribution is -0.143. The number of nitrogens with zero attached hydrogens (tertiary/aromatic N) is 2. The average Bonchev–Trinajstić information content (AvgIpc) is 3.35. The highest BCUT2D eigenvalue weighted by Gasteiger charge is 2.20. The molecule has 0 bridgehead atoms. The molecule has 0 fully saturated rings. The maximum Gasteiger partial charge on any atom is 0.349 e. The van der Waals surface area contributed by atoms with Crippen LogP contribution in [0.1, 0.15) is 17.3 Å². The summed E-state index contributed by atoms with van der Waals surface area (Å²) in [4.78, 5) is 41.9. The van der Waals surface area contributed by atoms with Crippen molar-refractivity contribution < 1.29 is 28.2 Å². The van der Waals surface area contributed by atoms with Crippen LogP contribution in [0.5, 0.6) is 11.5 Å². The molecule has 0 aliphatic carbocycles. The number of carbonyl (C=O) groups is 2. The van der Waals surface area contributed by atoms with Gasteiger partial charge < -0.3 is 23.2 Å². The second-order valence-electron chi connectivity index (χ2n) is 6.85. The number of rotatable bonds is 4. The van der Waals surface area contributed by atoms with Crippen LogP contribution in [-0.2, 0) is 16.1 Å². The zero-order chi connectivity index (χ0) is 22.2. The molecule has 3 heterocycles. The van der Waals surface area contributed by atoms with Gasteiger partial charge in [0.1, 0.15) is 17.7 Å². The molecule has 1 aliphatic heterocycles. The Hall–Kier alpha value is -3.92. The van der Waals surface area contributed by atoms with Gasteiger partial charge in [-0.3, -0.25) is 9.59 Å². The molecular weight excluding hydrogens is 436 g/mol. The third-order valence-electron chi connectivity index (χ3n) is 4.84. The van der Waals surface area contributed by atoms with Crippen molar-refractivity contribution in [2.24, 2.45) is 4.99 Å². The average molecular weight is 452 g/mol. The van der Waals surface area contributed by atoms with Crippen LogP contribution >= 0.6 is 11.3 Å². The lowest BCUT2D eigenvalue weighted by atomic mass is 10.2. The highest BCUT2D eigenvalue weighted by atomic mass is 32.1. The zero-order valence-electron chi connectivity index (χ0n) is 16.8. The molecule has 0 radical (unpaired) electrons. The van der Waals surface area contributed by atoms with Crippen LogP contribution in [0, 0.1) is 0 Å². The number of thiazole rings is 1. The summed E-state index contributed by atoms with van der Waals surface area (Å²) >= 11 is 1.18. The number of hydrogen-bond donors (Lipinski definition) is 0. The van der Waals surface area contributed by atoms with Crippen molar-refractivity contribution in [2.75, 3.05) is 13.4 Å². The molecule has 5 rings (SSSR count). The molecule has 0 saturated heterocycles. The van der Waals surface area contributed by atoms with E-state index in [-0.39, 0.29) is 30.3 Å². The number of benzene rings is 2. The fraction of sp³-hybridized carbons (Fsp3) is 0.182. The van der Waals surface area contributed by atoms with Crippen molar-refractivity contribution in [3.63, 3.8) is 0 Å². The van der Waals surface area contributed by atoms with Crippen molar-refractivity contribution in [1.29, 1.82) is 0 Å². The molecule has 0 atom stereocenters. The van der Waals surface area contributed by atoms with E-state index in [1.807, 2.05) is 0 Å². The Morgan fingerprint density at radius 1 is 1.16 bits per heavy atom. The Bertz CT molecular complexity index is 1510. The molecule has 0 N–H and O–H groups in total. The van der Waals surface area contributed by atoms with Gasteiger partial charge in [0.25, 0.3) is 5.91 Å². The first kappa shape index (κ1) is 20.0. The minimum atomic E-state index is -0.781. The lowest BCUT2D eigenvalue weighted by Gasteiger charge is -2.05. The maximum absolute atomic E-state index is 12.9. The van der Waals surface area contributed by atoms with E-state index in [0.29, 0.717) is 28.0 Å². The van der Waals surface area contributed by atoms with E-state index in [2.05, 4.69) is 4.99 Å². The molecule has 1 aliphatic rings. The van der Waals surface area contributed by atoms with Gasteiger partial charge in [0.2, 0.25) is 6.79 Å². The van der Waals surface area contributed by atoms with Crippen molar-refractivity contribution in [3.05, 3.63) is 63.2 Å². The van der Waals surface area contributed by atoms with Gasteiger partial charge in [-0.2, -0.15) is 4.99 Å². The van der Waals surface area contributed by atoms with Gasteiger partial charge in [0.15, 0.2) is 16.3 Å². The molecule has 1 amide bonds. The summed E-state index contributed by atoms with van der Waals surface area (Å²) in [6.07, 6.45) is 0. The normalized spacial score (nSPS) is 13.1. The van der Waals surface area contributed by atoms with Crippen LogP contribution < -0.4 is 19.9 Å². The van der Waals surface area contributed by atoms with Crippen LogP contribution in [-0.4, -0.2) is 29.8 Å². The third-order valence-corrected chi connectivity index (χ3v) is 5.88. The molecule has 162 valence electrons. The molecule has 2 aromatic carbocycles. The van der Waals surface area contributed by atoms with E-state index in [9.17, 15) is 14.4 Å². The smallest absolute Gasteiger partial charge is 0.349 e. The standard InChI is InChI=1S/C22H16N2O7S/c1-2-28-19(25)10-24-14-8-16-17(30-11-29-16)9-18(14)32-22(24)23-20(26)13-7-12-5-3-4-6-15(12)31-21(13)27/h3-9H,2,10-11H2,1H3. The SMILES string of the molecule is CCOC(=O)Cn1c(=NC(=O)c2cc3ccccc3oc2=O)sc2cc3c(cc21)OCO3. The molecule has 4 aromatic rings. The Morgan fingerprint density at radius 2 is 1.94 bits per heavy atom. The predicted molar refractivity (Wildman–Crippen MR) is 115 cm³/mol. The van der Waals surface area contributed by atoms with Gasteiger partial charge in [-0.05, 0) is 19.1 Å². The number of ether oxygens (including phenoxy) is 3. The molecule has 0 spiro atoms. The zero-order valence-corrected chi connectivity index (χ0v) is 17.6. The quantitative estimate of drug-likeness (QED) is 0.346. The van der Waals surface area contributed by atoms with Crippen LogP contribution in [0.15, 0.2) is 56.7 Å². The summed E-state index contributed by atoms with van der Waals surface area (Å²) in [6.45, 7) is 1.88. The first-order chi connectivity index (χ1) is 15.5. The number of amides is 1. The van der Waals surface area contributed by atoms with Crippen molar-refractivity contribution in [2.45, 2.75) is 13.5 Å². The number of carbonyl (C=O) groups excluding carboxylic acids is 2. The highest BCUT2D eigenvalue weighted by molar-refractivity contribution is 7.16. The fourth-order valence-corrected chi connectivity index (χ4v) is 4.43. The van der Waals surface area contributed by atoms with Gasteiger partial charge >= 0.3 is 11.6 Å². The Kier molecular flexibility index (Phi) is 4.98. The minimum absolute atomic E-state index is 0.109. The van der Waals surface area contributed by atoms with Gasteiger partial charge in [0.05, 0.1) is 16.8 Å². The number of hydrogen-bond acceptors (Lipinski definition) is 8. The Morgan fingerprint density at radius 3 is 2.75 bits per heavy atom. The largest absolute Gasteiger partial charge is 0.465 e. The van der Waals surface area contributed by atoms with E-state index in [0.717, 1.165) is 4.70 Å². The van der Waals surface area contributed by atoms with E-state index in [1.54, 1.807) is 47.9 Å². The van der Waals surface area contributed by atoms with Crippen molar-refractivity contribution in [1.82, 2.24) is 4.57 Å². The van der Waals surface area contributed by atoms with Crippen LogP contribution in [0.4, 0.5) is 0 Å². The van der Waals surface area contributed by atoms with E-state index >= 15 is 0 Å². The molecule has 0 unspecified atom stereocenters. The summed E-state index contributed by atoms with van der Waals surface area (Å²) < 4.78 is 23.4. The van der Waals surface area contributed by atoms with Gasteiger partial charge in [-0.25, -0.2) is 4.79 Å². The van der Waals surface area contributed by atoms with E-state index in [4.69, 9.17) is 18.6 Å². The number of esters is 1. The molecule has 10 heteroatoms. The third kappa shape index (κ3) is 3.54. The van der Waals surface area contributed by atoms with Crippen molar-refractivity contribution >= 4 is 44.4 Å². The highest BCUT2D eigenvalue weighted by Crippen LogP contribution is 2.37.